The molecule has 1 aliphatic carbocycles. The Bertz CT molecular complexity index is 877. The number of hydrogen-bond acceptors (Lipinski definition) is 5. The molecule has 8 heteroatoms. The monoisotopic (exact) mass is 449 g/mol. The topological polar surface area (TPSA) is 86.8 Å². The highest BCUT2D eigenvalue weighted by Gasteiger charge is 2.38. The minimum atomic E-state index is -3.08. The van der Waals surface area contributed by atoms with Crippen LogP contribution in [0.15, 0.2) is 24.3 Å². The zero-order chi connectivity index (χ0) is 22.4. The molecule has 0 radical (unpaired) electrons. The van der Waals surface area contributed by atoms with E-state index in [0.29, 0.717) is 30.8 Å². The van der Waals surface area contributed by atoms with Gasteiger partial charge < -0.3 is 15.1 Å². The van der Waals surface area contributed by atoms with E-state index in [9.17, 15) is 18.0 Å². The summed E-state index contributed by atoms with van der Waals surface area (Å²) >= 11 is 0. The van der Waals surface area contributed by atoms with Gasteiger partial charge in [0.2, 0.25) is 5.91 Å². The van der Waals surface area contributed by atoms with Crippen LogP contribution in [0.2, 0.25) is 0 Å². The second kappa shape index (κ2) is 10.5. The maximum atomic E-state index is 13.3. The molecule has 1 aliphatic heterocycles. The second-order valence-electron chi connectivity index (χ2n) is 8.53. The van der Waals surface area contributed by atoms with Crippen LogP contribution in [0.5, 0.6) is 0 Å². The Morgan fingerprint density at radius 2 is 1.68 bits per heavy atom. The van der Waals surface area contributed by atoms with Crippen molar-refractivity contribution in [2.24, 2.45) is 0 Å². The molecular formula is C23H35N3O4S. The number of sulfone groups is 1. The lowest BCUT2D eigenvalue weighted by molar-refractivity contribution is -0.134. The first-order valence-electron chi connectivity index (χ1n) is 11.5. The minimum Gasteiger partial charge on any atom is -0.376 e. The van der Waals surface area contributed by atoms with Gasteiger partial charge in [0.05, 0.1) is 23.6 Å². The SMILES string of the molecule is CCN(CC)C(=O)c1ccccc1NCC(=O)N(C1CCCCC1)C1CCS(=O)(=O)C1. The molecule has 1 heterocycles. The maximum Gasteiger partial charge on any atom is 0.255 e. The first kappa shape index (κ1) is 23.6. The molecule has 2 aliphatic rings. The van der Waals surface area contributed by atoms with Gasteiger partial charge in [0.1, 0.15) is 0 Å². The Labute approximate surface area is 186 Å². The van der Waals surface area contributed by atoms with Gasteiger partial charge in [-0.15, -0.1) is 0 Å². The molecule has 0 aromatic heterocycles. The fourth-order valence-corrected chi connectivity index (χ4v) is 6.54. The van der Waals surface area contributed by atoms with Crippen LogP contribution < -0.4 is 5.32 Å². The number of carbonyl (C=O) groups excluding carboxylic acids is 2. The fourth-order valence-electron chi connectivity index (χ4n) is 4.83. The van der Waals surface area contributed by atoms with Crippen molar-refractivity contribution in [2.75, 3.05) is 36.5 Å². The number of benzene rings is 1. The normalized spacial score (nSPS) is 20.9. The number of para-hydroxylation sites is 1. The Morgan fingerprint density at radius 1 is 1.00 bits per heavy atom. The van der Waals surface area contributed by atoms with Crippen LogP contribution in [-0.2, 0) is 14.6 Å². The molecule has 3 rings (SSSR count). The molecular weight excluding hydrogens is 414 g/mol. The molecule has 0 spiro atoms. The summed E-state index contributed by atoms with van der Waals surface area (Å²) < 4.78 is 24.1. The van der Waals surface area contributed by atoms with Crippen molar-refractivity contribution in [3.63, 3.8) is 0 Å². The maximum absolute atomic E-state index is 13.3. The third-order valence-electron chi connectivity index (χ3n) is 6.50. The van der Waals surface area contributed by atoms with Crippen LogP contribution in [0.4, 0.5) is 5.69 Å². The predicted octanol–water partition coefficient (Wildman–Crippen LogP) is 2.93. The highest BCUT2D eigenvalue weighted by molar-refractivity contribution is 7.91. The van der Waals surface area contributed by atoms with E-state index in [4.69, 9.17) is 0 Å². The van der Waals surface area contributed by atoms with Crippen LogP contribution in [0, 0.1) is 0 Å². The van der Waals surface area contributed by atoms with Gasteiger partial charge in [-0.05, 0) is 45.2 Å². The van der Waals surface area contributed by atoms with Crippen LogP contribution in [-0.4, -0.2) is 73.3 Å². The molecule has 1 aromatic rings. The van der Waals surface area contributed by atoms with Crippen LogP contribution >= 0.6 is 0 Å². The Kier molecular flexibility index (Phi) is 7.97. The number of nitrogens with zero attached hydrogens (tertiary/aromatic N) is 2. The summed E-state index contributed by atoms with van der Waals surface area (Å²) in [5, 5.41) is 3.17. The minimum absolute atomic E-state index is 0.0512. The summed E-state index contributed by atoms with van der Waals surface area (Å²) in [4.78, 5) is 29.8. The lowest BCUT2D eigenvalue weighted by Gasteiger charge is -2.38. The zero-order valence-electron chi connectivity index (χ0n) is 18.7. The van der Waals surface area contributed by atoms with Crippen molar-refractivity contribution in [1.82, 2.24) is 9.80 Å². The van der Waals surface area contributed by atoms with Crippen LogP contribution in [0.3, 0.4) is 0 Å². The smallest absolute Gasteiger partial charge is 0.255 e. The molecule has 2 amide bonds. The van der Waals surface area contributed by atoms with Crippen LogP contribution in [0.1, 0.15) is 62.7 Å². The van der Waals surface area contributed by atoms with Crippen molar-refractivity contribution in [3.8, 4) is 0 Å². The fraction of sp³-hybridized carbons (Fsp3) is 0.652. The highest BCUT2D eigenvalue weighted by Crippen LogP contribution is 2.28. The number of carbonyl (C=O) groups is 2. The lowest BCUT2D eigenvalue weighted by Crippen LogP contribution is -2.50. The Morgan fingerprint density at radius 3 is 2.29 bits per heavy atom. The summed E-state index contributed by atoms with van der Waals surface area (Å²) in [5.41, 5.74) is 1.18. The van der Waals surface area contributed by atoms with E-state index < -0.39 is 9.84 Å². The van der Waals surface area contributed by atoms with Gasteiger partial charge in [-0.2, -0.15) is 0 Å². The Balaban J connectivity index is 1.75. The molecule has 1 N–H and O–H groups in total. The van der Waals surface area contributed by atoms with E-state index in [0.717, 1.165) is 25.7 Å². The third-order valence-corrected chi connectivity index (χ3v) is 8.25. The molecule has 1 saturated heterocycles. The van der Waals surface area contributed by atoms with E-state index in [1.807, 2.05) is 36.9 Å². The molecule has 1 unspecified atom stereocenters. The van der Waals surface area contributed by atoms with Gasteiger partial charge in [0, 0.05) is 30.9 Å². The summed E-state index contributed by atoms with van der Waals surface area (Å²) in [6.45, 7) is 5.18. The largest absolute Gasteiger partial charge is 0.376 e. The molecule has 2 fully saturated rings. The van der Waals surface area contributed by atoms with Gasteiger partial charge in [0.25, 0.3) is 5.91 Å². The lowest BCUT2D eigenvalue weighted by atomic mass is 9.93. The van der Waals surface area contributed by atoms with E-state index in [1.54, 1.807) is 11.0 Å². The predicted molar refractivity (Wildman–Crippen MR) is 123 cm³/mol. The average Bonchev–Trinajstić information content (AvgIpc) is 3.13. The van der Waals surface area contributed by atoms with Crippen molar-refractivity contribution in [2.45, 2.75) is 64.5 Å². The summed E-state index contributed by atoms with van der Waals surface area (Å²) in [6.07, 6.45) is 5.69. The van der Waals surface area contributed by atoms with E-state index in [-0.39, 0.29) is 41.9 Å². The molecule has 172 valence electrons. The van der Waals surface area contributed by atoms with E-state index in [1.165, 1.54) is 6.42 Å². The van der Waals surface area contributed by atoms with Crippen molar-refractivity contribution >= 4 is 27.3 Å². The molecule has 1 saturated carbocycles. The first-order chi connectivity index (χ1) is 14.9. The van der Waals surface area contributed by atoms with Crippen molar-refractivity contribution < 1.29 is 18.0 Å². The molecule has 1 atom stereocenters. The van der Waals surface area contributed by atoms with Gasteiger partial charge in [0.15, 0.2) is 9.84 Å². The summed E-state index contributed by atoms with van der Waals surface area (Å²) in [6, 6.07) is 7.12. The van der Waals surface area contributed by atoms with E-state index in [2.05, 4.69) is 5.32 Å². The second-order valence-corrected chi connectivity index (χ2v) is 10.8. The van der Waals surface area contributed by atoms with Gasteiger partial charge in [-0.1, -0.05) is 31.4 Å². The molecule has 0 bridgehead atoms. The summed E-state index contributed by atoms with van der Waals surface area (Å²) in [7, 11) is -3.08. The standard InChI is InChI=1S/C23H35N3O4S/c1-3-25(4-2)23(28)20-12-8-9-13-21(20)24-16-22(27)26(18-10-6-5-7-11-18)19-14-15-31(29,30)17-19/h8-9,12-13,18-19,24H,3-7,10-11,14-17H2,1-2H3. The van der Waals surface area contributed by atoms with Crippen LogP contribution in [0.25, 0.3) is 0 Å². The Hall–Kier alpha value is -2.09. The van der Waals surface area contributed by atoms with Gasteiger partial charge in [-0.3, -0.25) is 9.59 Å². The van der Waals surface area contributed by atoms with Gasteiger partial charge in [-0.25, -0.2) is 8.42 Å². The molecule has 1 aromatic carbocycles. The van der Waals surface area contributed by atoms with Crippen molar-refractivity contribution in [1.29, 1.82) is 0 Å². The number of anilines is 1. The zero-order valence-corrected chi connectivity index (χ0v) is 19.5. The first-order valence-corrected chi connectivity index (χ1v) is 13.3. The number of hydrogen-bond donors (Lipinski definition) is 1. The number of amides is 2. The van der Waals surface area contributed by atoms with E-state index >= 15 is 0 Å². The molecule has 7 nitrogen and oxygen atoms in total. The quantitative estimate of drug-likeness (QED) is 0.659. The third kappa shape index (κ3) is 5.79. The van der Waals surface area contributed by atoms with Gasteiger partial charge >= 0.3 is 0 Å². The summed E-state index contributed by atoms with van der Waals surface area (Å²) in [5.74, 6) is 0.0698. The average molecular weight is 450 g/mol. The highest BCUT2D eigenvalue weighted by atomic mass is 32.2. The number of nitrogens with one attached hydrogen (secondary N) is 1. The number of rotatable bonds is 8. The van der Waals surface area contributed by atoms with Crippen molar-refractivity contribution in [3.05, 3.63) is 29.8 Å². The molecule has 31 heavy (non-hydrogen) atoms.